The van der Waals surface area contributed by atoms with Crippen LogP contribution in [0.2, 0.25) is 0 Å². The monoisotopic (exact) mass is 356 g/mol. The second-order valence-electron chi connectivity index (χ2n) is 6.72. The lowest BCUT2D eigenvalue weighted by molar-refractivity contribution is 0.247. The maximum atomic E-state index is 4.83. The van der Waals surface area contributed by atoms with E-state index in [-0.39, 0.29) is 0 Å². The fraction of sp³-hybridized carbons (Fsp3) is 0.444. The van der Waals surface area contributed by atoms with Crippen LogP contribution in [0.25, 0.3) is 10.1 Å². The van der Waals surface area contributed by atoms with E-state index in [1.54, 1.807) is 11.5 Å². The zero-order valence-electron chi connectivity index (χ0n) is 13.5. The Bertz CT molecular complexity index is 843. The number of hydrogen-bond acceptors (Lipinski definition) is 6. The van der Waals surface area contributed by atoms with E-state index in [0.29, 0.717) is 0 Å². The van der Waals surface area contributed by atoms with Gasteiger partial charge in [0.2, 0.25) is 0 Å². The third-order valence-electron chi connectivity index (χ3n) is 4.91. The van der Waals surface area contributed by atoms with Gasteiger partial charge in [-0.3, -0.25) is 4.90 Å². The van der Waals surface area contributed by atoms with E-state index in [1.165, 1.54) is 39.4 Å². The van der Waals surface area contributed by atoms with Gasteiger partial charge in [-0.05, 0) is 36.5 Å². The largest absolute Gasteiger partial charge is 0.353 e. The van der Waals surface area contributed by atoms with Gasteiger partial charge in [-0.1, -0.05) is 12.1 Å². The Balaban J connectivity index is 1.23. The lowest BCUT2D eigenvalue weighted by atomic mass is 10.2. The summed E-state index contributed by atoms with van der Waals surface area (Å²) in [6.07, 6.45) is 2.68. The van der Waals surface area contributed by atoms with Crippen molar-refractivity contribution in [2.45, 2.75) is 25.3 Å². The molecule has 0 spiro atoms. The molecule has 0 radical (unpaired) electrons. The predicted molar refractivity (Wildman–Crippen MR) is 101 cm³/mol. The quantitative estimate of drug-likeness (QED) is 0.708. The van der Waals surface area contributed by atoms with Gasteiger partial charge in [0.1, 0.15) is 5.82 Å². The normalized spacial score (nSPS) is 19.2. The first kappa shape index (κ1) is 14.8. The number of hydrogen-bond donors (Lipinski definition) is 0. The minimum Gasteiger partial charge on any atom is -0.353 e. The van der Waals surface area contributed by atoms with Gasteiger partial charge in [0, 0.05) is 49.4 Å². The summed E-state index contributed by atoms with van der Waals surface area (Å²) < 4.78 is 5.98. The van der Waals surface area contributed by atoms with Crippen LogP contribution in [0.3, 0.4) is 0 Å². The Morgan fingerprint density at radius 1 is 1.08 bits per heavy atom. The molecule has 6 heteroatoms. The molecule has 1 saturated carbocycles. The van der Waals surface area contributed by atoms with Crippen molar-refractivity contribution < 1.29 is 0 Å². The summed E-state index contributed by atoms with van der Waals surface area (Å²) in [4.78, 5) is 9.79. The Kier molecular flexibility index (Phi) is 3.76. The van der Waals surface area contributed by atoms with E-state index in [1.807, 2.05) is 11.3 Å². The molecule has 0 unspecified atom stereocenters. The summed E-state index contributed by atoms with van der Waals surface area (Å²) in [7, 11) is 0. The first-order valence-electron chi connectivity index (χ1n) is 8.63. The molecule has 4 nitrogen and oxygen atoms in total. The van der Waals surface area contributed by atoms with Gasteiger partial charge in [0.05, 0.1) is 15.4 Å². The highest BCUT2D eigenvalue weighted by molar-refractivity contribution is 7.13. The number of thiazole rings is 1. The number of anilines is 1. The Morgan fingerprint density at radius 2 is 1.92 bits per heavy atom. The molecule has 1 aliphatic heterocycles. The minimum absolute atomic E-state index is 0.776. The number of fused-ring (bicyclic) bond motifs is 1. The van der Waals surface area contributed by atoms with Gasteiger partial charge >= 0.3 is 0 Å². The average Bonchev–Trinajstić information content (AvgIpc) is 3.22. The summed E-state index contributed by atoms with van der Waals surface area (Å²) in [5.41, 5.74) is 1.26. The Hall–Kier alpha value is -1.50. The molecule has 0 bridgehead atoms. The molecule has 0 N–H and O–H groups in total. The second-order valence-corrected chi connectivity index (χ2v) is 8.41. The van der Waals surface area contributed by atoms with Gasteiger partial charge in [-0.2, -0.15) is 4.37 Å². The molecule has 3 heterocycles. The van der Waals surface area contributed by atoms with Crippen molar-refractivity contribution in [1.82, 2.24) is 14.3 Å². The summed E-state index contributed by atoms with van der Waals surface area (Å²) in [6, 6.07) is 8.55. The van der Waals surface area contributed by atoms with Crippen LogP contribution in [0.1, 0.15) is 29.5 Å². The van der Waals surface area contributed by atoms with Crippen LogP contribution in [0.5, 0.6) is 0 Å². The summed E-state index contributed by atoms with van der Waals surface area (Å²) >= 11 is 3.46. The lowest BCUT2D eigenvalue weighted by Crippen LogP contribution is -2.46. The van der Waals surface area contributed by atoms with Crippen molar-refractivity contribution in [3.63, 3.8) is 0 Å². The van der Waals surface area contributed by atoms with Gasteiger partial charge in [0.25, 0.3) is 0 Å². The number of nitrogens with zero attached hydrogens (tertiary/aromatic N) is 4. The van der Waals surface area contributed by atoms with Crippen LogP contribution in [-0.4, -0.2) is 40.4 Å². The number of rotatable bonds is 4. The van der Waals surface area contributed by atoms with Crippen molar-refractivity contribution in [3.05, 3.63) is 40.3 Å². The van der Waals surface area contributed by atoms with Crippen LogP contribution in [-0.2, 0) is 6.54 Å². The standard InChI is InChI=1S/C18H20N4S2/c1-2-4-16-15(3-1)17(20-24-16)22-9-7-21(8-10-22)11-14-12-23-18(19-14)13-5-6-13/h1-4,12-13H,5-11H2. The first-order valence-corrected chi connectivity index (χ1v) is 10.3. The minimum atomic E-state index is 0.776. The van der Waals surface area contributed by atoms with E-state index in [9.17, 15) is 0 Å². The molecular formula is C18H20N4S2. The molecule has 2 fully saturated rings. The molecule has 3 aromatic rings. The Labute approximate surface area is 149 Å². The smallest absolute Gasteiger partial charge is 0.150 e. The third kappa shape index (κ3) is 2.83. The van der Waals surface area contributed by atoms with Crippen molar-refractivity contribution >= 4 is 38.8 Å². The van der Waals surface area contributed by atoms with Crippen LogP contribution >= 0.6 is 22.9 Å². The number of piperazine rings is 1. The van der Waals surface area contributed by atoms with Crippen LogP contribution < -0.4 is 4.90 Å². The highest BCUT2D eigenvalue weighted by Crippen LogP contribution is 2.41. The topological polar surface area (TPSA) is 32.3 Å². The van der Waals surface area contributed by atoms with Crippen molar-refractivity contribution in [3.8, 4) is 0 Å². The fourth-order valence-corrected chi connectivity index (χ4v) is 5.14. The van der Waals surface area contributed by atoms with Crippen molar-refractivity contribution in [1.29, 1.82) is 0 Å². The first-order chi connectivity index (χ1) is 11.9. The maximum absolute atomic E-state index is 4.83. The molecule has 1 aromatic carbocycles. The van der Waals surface area contributed by atoms with E-state index < -0.39 is 0 Å². The highest BCUT2D eigenvalue weighted by Gasteiger charge is 2.27. The SMILES string of the molecule is c1ccc2c(N3CCN(Cc4csc(C5CC5)n4)CC3)nsc2c1. The van der Waals surface area contributed by atoms with E-state index >= 15 is 0 Å². The summed E-state index contributed by atoms with van der Waals surface area (Å²) in [5.74, 6) is 1.94. The van der Waals surface area contributed by atoms with E-state index in [4.69, 9.17) is 9.36 Å². The van der Waals surface area contributed by atoms with Crippen LogP contribution in [0.15, 0.2) is 29.6 Å². The molecule has 0 amide bonds. The Morgan fingerprint density at radius 3 is 2.75 bits per heavy atom. The molecule has 5 rings (SSSR count). The zero-order chi connectivity index (χ0) is 15.9. The van der Waals surface area contributed by atoms with Gasteiger partial charge in [0.15, 0.2) is 0 Å². The second kappa shape index (κ2) is 6.10. The average molecular weight is 357 g/mol. The maximum Gasteiger partial charge on any atom is 0.150 e. The van der Waals surface area contributed by atoms with Gasteiger partial charge in [-0.25, -0.2) is 4.98 Å². The predicted octanol–water partition coefficient (Wildman–Crippen LogP) is 3.95. The van der Waals surface area contributed by atoms with E-state index in [2.05, 4.69) is 39.4 Å². The van der Waals surface area contributed by atoms with Crippen LogP contribution in [0.4, 0.5) is 5.82 Å². The summed E-state index contributed by atoms with van der Waals surface area (Å²) in [5, 5.41) is 4.91. The number of aromatic nitrogens is 2. The lowest BCUT2D eigenvalue weighted by Gasteiger charge is -2.34. The third-order valence-corrected chi connectivity index (χ3v) is 6.78. The molecule has 24 heavy (non-hydrogen) atoms. The van der Waals surface area contributed by atoms with Gasteiger partial charge < -0.3 is 4.90 Å². The number of benzene rings is 1. The van der Waals surface area contributed by atoms with E-state index in [0.717, 1.165) is 38.6 Å². The molecule has 124 valence electrons. The molecule has 1 aliphatic carbocycles. The van der Waals surface area contributed by atoms with Crippen molar-refractivity contribution in [2.75, 3.05) is 31.1 Å². The molecule has 0 atom stereocenters. The zero-order valence-corrected chi connectivity index (χ0v) is 15.2. The molecular weight excluding hydrogens is 336 g/mol. The molecule has 2 aliphatic rings. The molecule has 2 aromatic heterocycles. The van der Waals surface area contributed by atoms with Crippen LogP contribution in [0, 0.1) is 0 Å². The fourth-order valence-electron chi connectivity index (χ4n) is 3.36. The van der Waals surface area contributed by atoms with Gasteiger partial charge in [-0.15, -0.1) is 11.3 Å². The van der Waals surface area contributed by atoms with Crippen molar-refractivity contribution in [2.24, 2.45) is 0 Å². The molecule has 1 saturated heterocycles. The summed E-state index contributed by atoms with van der Waals surface area (Å²) in [6.45, 7) is 5.26. The highest BCUT2D eigenvalue weighted by atomic mass is 32.1.